The molecule has 0 unspecified atom stereocenters. The van der Waals surface area contributed by atoms with Crippen LogP contribution in [0.25, 0.3) is 11.1 Å². The first kappa shape index (κ1) is 20.8. The second-order valence-corrected chi connectivity index (χ2v) is 7.80. The minimum Gasteiger partial charge on any atom is -0.367 e. The van der Waals surface area contributed by atoms with E-state index < -0.39 is 11.5 Å². The molecule has 1 saturated heterocycles. The van der Waals surface area contributed by atoms with Gasteiger partial charge in [-0.25, -0.2) is 0 Å². The monoisotopic (exact) mass is 415 g/mol. The zero-order valence-electron chi connectivity index (χ0n) is 17.2. The summed E-state index contributed by atoms with van der Waals surface area (Å²) >= 11 is 0. The summed E-state index contributed by atoms with van der Waals surface area (Å²) in [5, 5.41) is 0. The SMILES string of the molecule is NC(=O)[C@@]1(Cc2cccc(-c3ccncc3)c2)CN(C(=O)Cc2ccccc2)CCO1. The van der Waals surface area contributed by atoms with Crippen molar-refractivity contribution in [2.24, 2.45) is 5.73 Å². The lowest BCUT2D eigenvalue weighted by atomic mass is 9.90. The molecule has 6 heteroatoms. The van der Waals surface area contributed by atoms with Gasteiger partial charge in [-0.1, -0.05) is 54.6 Å². The Hall–Kier alpha value is -3.51. The van der Waals surface area contributed by atoms with E-state index in [-0.39, 0.29) is 25.5 Å². The highest BCUT2D eigenvalue weighted by Gasteiger charge is 2.43. The third-order valence-corrected chi connectivity index (χ3v) is 5.62. The molecule has 1 aromatic heterocycles. The van der Waals surface area contributed by atoms with E-state index in [4.69, 9.17) is 10.5 Å². The van der Waals surface area contributed by atoms with Crippen LogP contribution in [0, 0.1) is 0 Å². The molecule has 0 aliphatic carbocycles. The smallest absolute Gasteiger partial charge is 0.251 e. The fourth-order valence-electron chi connectivity index (χ4n) is 3.96. The summed E-state index contributed by atoms with van der Waals surface area (Å²) in [4.78, 5) is 31.1. The van der Waals surface area contributed by atoms with Gasteiger partial charge >= 0.3 is 0 Å². The first-order valence-electron chi connectivity index (χ1n) is 10.3. The molecule has 158 valence electrons. The van der Waals surface area contributed by atoms with Crippen molar-refractivity contribution in [1.29, 1.82) is 0 Å². The number of nitrogens with two attached hydrogens (primary N) is 1. The first-order valence-corrected chi connectivity index (χ1v) is 10.3. The van der Waals surface area contributed by atoms with Crippen molar-refractivity contribution in [2.75, 3.05) is 19.7 Å². The largest absolute Gasteiger partial charge is 0.367 e. The predicted octanol–water partition coefficient (Wildman–Crippen LogP) is 2.62. The third kappa shape index (κ3) is 4.81. The number of nitrogens with zero attached hydrogens (tertiary/aromatic N) is 2. The van der Waals surface area contributed by atoms with Crippen LogP contribution in [-0.4, -0.2) is 47.0 Å². The summed E-state index contributed by atoms with van der Waals surface area (Å²) in [7, 11) is 0. The Labute approximate surface area is 181 Å². The molecular weight excluding hydrogens is 390 g/mol. The van der Waals surface area contributed by atoms with Crippen molar-refractivity contribution in [3.8, 4) is 11.1 Å². The molecule has 2 heterocycles. The number of carbonyl (C=O) groups is 2. The molecule has 6 nitrogen and oxygen atoms in total. The molecule has 0 spiro atoms. The van der Waals surface area contributed by atoms with Crippen molar-refractivity contribution >= 4 is 11.8 Å². The summed E-state index contributed by atoms with van der Waals surface area (Å²) in [5.74, 6) is -0.593. The number of pyridine rings is 1. The first-order chi connectivity index (χ1) is 15.1. The molecule has 0 radical (unpaired) electrons. The van der Waals surface area contributed by atoms with Gasteiger partial charge in [0, 0.05) is 25.4 Å². The quantitative estimate of drug-likeness (QED) is 0.671. The molecule has 2 N–H and O–H groups in total. The van der Waals surface area contributed by atoms with Crippen LogP contribution < -0.4 is 5.73 Å². The van der Waals surface area contributed by atoms with Gasteiger partial charge in [-0.2, -0.15) is 0 Å². The summed E-state index contributed by atoms with van der Waals surface area (Å²) in [6, 6.07) is 21.4. The van der Waals surface area contributed by atoms with E-state index in [1.807, 2.05) is 66.7 Å². The number of amides is 2. The van der Waals surface area contributed by atoms with Crippen LogP contribution in [0.1, 0.15) is 11.1 Å². The van der Waals surface area contributed by atoms with Gasteiger partial charge in [-0.3, -0.25) is 14.6 Å². The van der Waals surface area contributed by atoms with Gasteiger partial charge < -0.3 is 15.4 Å². The van der Waals surface area contributed by atoms with E-state index in [0.29, 0.717) is 13.0 Å². The van der Waals surface area contributed by atoms with Crippen LogP contribution in [-0.2, 0) is 27.2 Å². The van der Waals surface area contributed by atoms with Gasteiger partial charge in [-0.15, -0.1) is 0 Å². The Morgan fingerprint density at radius 1 is 0.968 bits per heavy atom. The van der Waals surface area contributed by atoms with Crippen LogP contribution >= 0.6 is 0 Å². The average molecular weight is 415 g/mol. The van der Waals surface area contributed by atoms with Crippen molar-refractivity contribution in [2.45, 2.75) is 18.4 Å². The van der Waals surface area contributed by atoms with E-state index in [1.165, 1.54) is 0 Å². The molecule has 4 rings (SSSR count). The summed E-state index contributed by atoms with van der Waals surface area (Å²) in [6.45, 7) is 0.860. The van der Waals surface area contributed by atoms with E-state index >= 15 is 0 Å². The van der Waals surface area contributed by atoms with E-state index in [0.717, 1.165) is 22.3 Å². The fourth-order valence-corrected chi connectivity index (χ4v) is 3.96. The minimum atomic E-state index is -1.25. The van der Waals surface area contributed by atoms with Crippen molar-refractivity contribution in [3.63, 3.8) is 0 Å². The van der Waals surface area contributed by atoms with Crippen molar-refractivity contribution in [3.05, 3.63) is 90.3 Å². The van der Waals surface area contributed by atoms with Crippen LogP contribution in [0.2, 0.25) is 0 Å². The number of rotatable bonds is 6. The molecule has 3 aromatic rings. The molecule has 0 saturated carbocycles. The molecule has 31 heavy (non-hydrogen) atoms. The van der Waals surface area contributed by atoms with E-state index in [1.54, 1.807) is 17.3 Å². The molecule has 0 bridgehead atoms. The maximum absolute atomic E-state index is 12.9. The maximum Gasteiger partial charge on any atom is 0.251 e. The Kier molecular flexibility index (Phi) is 6.09. The zero-order chi connectivity index (χ0) is 21.7. The minimum absolute atomic E-state index is 0.0364. The van der Waals surface area contributed by atoms with Crippen LogP contribution in [0.15, 0.2) is 79.1 Å². The Bertz CT molecular complexity index is 1060. The summed E-state index contributed by atoms with van der Waals surface area (Å²) in [5.41, 5.74) is 8.47. The number of primary amides is 1. The van der Waals surface area contributed by atoms with Gasteiger partial charge in [0.1, 0.15) is 0 Å². The predicted molar refractivity (Wildman–Crippen MR) is 118 cm³/mol. The highest BCUT2D eigenvalue weighted by molar-refractivity contribution is 5.86. The molecular formula is C25H25N3O3. The van der Waals surface area contributed by atoms with E-state index in [2.05, 4.69) is 4.98 Å². The van der Waals surface area contributed by atoms with Gasteiger partial charge in [0.15, 0.2) is 5.60 Å². The third-order valence-electron chi connectivity index (χ3n) is 5.62. The maximum atomic E-state index is 12.9. The summed E-state index contributed by atoms with van der Waals surface area (Å²) in [6.07, 6.45) is 4.07. The number of hydrogen-bond acceptors (Lipinski definition) is 4. The lowest BCUT2D eigenvalue weighted by Gasteiger charge is -2.41. The van der Waals surface area contributed by atoms with Crippen LogP contribution in [0.5, 0.6) is 0 Å². The number of carbonyl (C=O) groups excluding carboxylic acids is 2. The number of hydrogen-bond donors (Lipinski definition) is 1. The molecule has 1 fully saturated rings. The Morgan fingerprint density at radius 2 is 1.71 bits per heavy atom. The second-order valence-electron chi connectivity index (χ2n) is 7.80. The zero-order valence-corrected chi connectivity index (χ0v) is 17.2. The lowest BCUT2D eigenvalue weighted by Crippen LogP contribution is -2.61. The van der Waals surface area contributed by atoms with Crippen LogP contribution in [0.3, 0.4) is 0 Å². The van der Waals surface area contributed by atoms with Crippen molar-refractivity contribution < 1.29 is 14.3 Å². The average Bonchev–Trinajstić information content (AvgIpc) is 2.80. The lowest BCUT2D eigenvalue weighted by molar-refractivity contribution is -0.163. The highest BCUT2D eigenvalue weighted by atomic mass is 16.5. The van der Waals surface area contributed by atoms with Gasteiger partial charge in [0.2, 0.25) is 5.91 Å². The number of aromatic nitrogens is 1. The molecule has 1 aliphatic heterocycles. The summed E-state index contributed by atoms with van der Waals surface area (Å²) < 4.78 is 5.93. The van der Waals surface area contributed by atoms with Gasteiger partial charge in [0.25, 0.3) is 5.91 Å². The number of ether oxygens (including phenoxy) is 1. The number of benzene rings is 2. The van der Waals surface area contributed by atoms with Crippen molar-refractivity contribution in [1.82, 2.24) is 9.88 Å². The Balaban J connectivity index is 1.53. The molecule has 2 aromatic carbocycles. The molecule has 1 aliphatic rings. The molecule has 1 atom stereocenters. The highest BCUT2D eigenvalue weighted by Crippen LogP contribution is 2.27. The standard InChI is InChI=1S/C25H25N3O3/c26-24(30)25(17-20-7-4-8-22(15-20)21-9-11-27-12-10-21)18-28(13-14-31-25)23(29)16-19-5-2-1-3-6-19/h1-12,15H,13-14,16-18H2,(H2,26,30)/t25-/m1/s1. The molecule has 2 amide bonds. The second kappa shape index (κ2) is 9.10. The Morgan fingerprint density at radius 3 is 2.45 bits per heavy atom. The van der Waals surface area contributed by atoms with Crippen LogP contribution in [0.4, 0.5) is 0 Å². The van der Waals surface area contributed by atoms with Gasteiger partial charge in [0.05, 0.1) is 19.6 Å². The van der Waals surface area contributed by atoms with E-state index in [9.17, 15) is 9.59 Å². The number of morpholine rings is 1. The fraction of sp³-hybridized carbons (Fsp3) is 0.240. The normalized spacial score (nSPS) is 18.5. The van der Waals surface area contributed by atoms with Gasteiger partial charge in [-0.05, 0) is 34.4 Å². The topological polar surface area (TPSA) is 85.5 Å².